The molecule has 0 aromatic carbocycles. The summed E-state index contributed by atoms with van der Waals surface area (Å²) in [6.07, 6.45) is 5.10. The lowest BCUT2D eigenvalue weighted by Crippen LogP contribution is -2.42. The van der Waals surface area contributed by atoms with Crippen LogP contribution in [0.5, 0.6) is 0 Å². The number of aromatic nitrogens is 1. The summed E-state index contributed by atoms with van der Waals surface area (Å²) >= 11 is 1.43. The molecule has 3 rings (SSSR count). The third-order valence-electron chi connectivity index (χ3n) is 4.27. The number of rotatable bonds is 4. The van der Waals surface area contributed by atoms with Crippen LogP contribution in [0, 0.1) is 5.92 Å². The highest BCUT2D eigenvalue weighted by atomic mass is 32.1. The number of hydrogen-bond acceptors (Lipinski definition) is 6. The van der Waals surface area contributed by atoms with E-state index in [-0.39, 0.29) is 11.8 Å². The van der Waals surface area contributed by atoms with E-state index in [9.17, 15) is 9.59 Å². The van der Waals surface area contributed by atoms with Gasteiger partial charge < -0.3 is 9.64 Å². The molecule has 1 aliphatic carbocycles. The second-order valence-electron chi connectivity index (χ2n) is 5.97. The van der Waals surface area contributed by atoms with Crippen molar-refractivity contribution in [2.75, 3.05) is 31.2 Å². The minimum absolute atomic E-state index is 0.131. The maximum atomic E-state index is 12.1. The van der Waals surface area contributed by atoms with Crippen LogP contribution >= 0.6 is 11.3 Å². The fourth-order valence-corrected chi connectivity index (χ4v) is 3.85. The molecule has 1 saturated heterocycles. The highest BCUT2D eigenvalue weighted by molar-refractivity contribution is 7.13. The molecule has 0 unspecified atom stereocenters. The second-order valence-corrected chi connectivity index (χ2v) is 6.81. The van der Waals surface area contributed by atoms with Crippen LogP contribution in [-0.4, -0.2) is 43.1 Å². The van der Waals surface area contributed by atoms with E-state index in [2.05, 4.69) is 20.7 Å². The quantitative estimate of drug-likeness (QED) is 0.809. The van der Waals surface area contributed by atoms with Gasteiger partial charge in [0.1, 0.15) is 5.69 Å². The molecule has 0 atom stereocenters. The molecule has 1 aliphatic heterocycles. The van der Waals surface area contributed by atoms with Crippen LogP contribution in [0.4, 0.5) is 5.13 Å². The summed E-state index contributed by atoms with van der Waals surface area (Å²) in [5.74, 6) is -0.0477. The number of thiazole rings is 1. The predicted molar refractivity (Wildman–Crippen MR) is 87.3 cm³/mol. The summed E-state index contributed by atoms with van der Waals surface area (Å²) in [6.45, 7) is 2.93. The molecule has 1 aromatic rings. The Morgan fingerprint density at radius 3 is 2.74 bits per heavy atom. The molecule has 7 nitrogen and oxygen atoms in total. The zero-order valence-corrected chi connectivity index (χ0v) is 13.9. The van der Waals surface area contributed by atoms with E-state index >= 15 is 0 Å². The maximum Gasteiger partial charge on any atom is 0.289 e. The first-order valence-electron chi connectivity index (χ1n) is 8.10. The Morgan fingerprint density at radius 2 is 2.00 bits per heavy atom. The van der Waals surface area contributed by atoms with Gasteiger partial charge in [0.05, 0.1) is 13.2 Å². The standard InChI is InChI=1S/C15H22N4O3S/c20-13(9-11-3-1-2-4-11)17-18-14(21)12-10-23-15(16-12)19-5-7-22-8-6-19/h10-11H,1-9H2,(H,17,20)(H,18,21). The first kappa shape index (κ1) is 16.2. The van der Waals surface area contributed by atoms with Gasteiger partial charge in [-0.3, -0.25) is 20.4 Å². The number of nitrogens with zero attached hydrogens (tertiary/aromatic N) is 2. The molecule has 2 aliphatic rings. The SMILES string of the molecule is O=C(CC1CCCC1)NNC(=O)c1csc(N2CCOCC2)n1. The first-order valence-corrected chi connectivity index (χ1v) is 8.98. The molecule has 1 aromatic heterocycles. The zero-order chi connectivity index (χ0) is 16.1. The summed E-state index contributed by atoms with van der Waals surface area (Å²) in [6, 6.07) is 0. The summed E-state index contributed by atoms with van der Waals surface area (Å²) in [7, 11) is 0. The molecule has 126 valence electrons. The Labute approximate surface area is 139 Å². The van der Waals surface area contributed by atoms with Gasteiger partial charge in [-0.15, -0.1) is 11.3 Å². The fraction of sp³-hybridized carbons (Fsp3) is 0.667. The minimum Gasteiger partial charge on any atom is -0.378 e. The molecular formula is C15H22N4O3S. The molecule has 0 bridgehead atoms. The number of anilines is 1. The monoisotopic (exact) mass is 338 g/mol. The fourth-order valence-electron chi connectivity index (χ4n) is 2.99. The molecule has 1 saturated carbocycles. The van der Waals surface area contributed by atoms with E-state index in [1.807, 2.05) is 0 Å². The molecule has 2 heterocycles. The Kier molecular flexibility index (Phi) is 5.45. The Hall–Kier alpha value is -1.67. The molecule has 2 N–H and O–H groups in total. The lowest BCUT2D eigenvalue weighted by molar-refractivity contribution is -0.122. The highest BCUT2D eigenvalue weighted by Crippen LogP contribution is 2.27. The van der Waals surface area contributed by atoms with Gasteiger partial charge >= 0.3 is 0 Å². The predicted octanol–water partition coefficient (Wildman–Crippen LogP) is 1.32. The van der Waals surface area contributed by atoms with Crippen molar-refractivity contribution in [3.8, 4) is 0 Å². The highest BCUT2D eigenvalue weighted by Gasteiger charge is 2.20. The van der Waals surface area contributed by atoms with Gasteiger partial charge in [0.15, 0.2) is 5.13 Å². The van der Waals surface area contributed by atoms with Gasteiger partial charge in [0.2, 0.25) is 5.91 Å². The van der Waals surface area contributed by atoms with Crippen molar-refractivity contribution in [1.29, 1.82) is 0 Å². The smallest absolute Gasteiger partial charge is 0.289 e. The van der Waals surface area contributed by atoms with E-state index in [4.69, 9.17) is 4.74 Å². The number of hydrazine groups is 1. The summed E-state index contributed by atoms with van der Waals surface area (Å²) in [4.78, 5) is 30.3. The van der Waals surface area contributed by atoms with Gasteiger partial charge in [-0.05, 0) is 18.8 Å². The average molecular weight is 338 g/mol. The first-order chi connectivity index (χ1) is 11.2. The second kappa shape index (κ2) is 7.74. The van der Waals surface area contributed by atoms with Crippen LogP contribution < -0.4 is 15.8 Å². The van der Waals surface area contributed by atoms with Crippen molar-refractivity contribution in [1.82, 2.24) is 15.8 Å². The van der Waals surface area contributed by atoms with Gasteiger partial charge in [-0.25, -0.2) is 4.98 Å². The normalized spacial score (nSPS) is 18.9. The van der Waals surface area contributed by atoms with Crippen LogP contribution in [0.3, 0.4) is 0 Å². The molecule has 2 amide bonds. The Balaban J connectivity index is 1.46. The van der Waals surface area contributed by atoms with Gasteiger partial charge in [-0.1, -0.05) is 12.8 Å². The topological polar surface area (TPSA) is 83.6 Å². The lowest BCUT2D eigenvalue weighted by Gasteiger charge is -2.25. The van der Waals surface area contributed by atoms with Crippen molar-refractivity contribution in [2.24, 2.45) is 5.92 Å². The molecule has 2 fully saturated rings. The average Bonchev–Trinajstić information content (AvgIpc) is 3.25. The number of amides is 2. The largest absolute Gasteiger partial charge is 0.378 e. The molecule has 0 spiro atoms. The van der Waals surface area contributed by atoms with Crippen LogP contribution in [0.2, 0.25) is 0 Å². The van der Waals surface area contributed by atoms with Crippen LogP contribution in [0.15, 0.2) is 5.38 Å². The van der Waals surface area contributed by atoms with E-state index in [0.29, 0.717) is 31.2 Å². The third kappa shape index (κ3) is 4.42. The summed E-state index contributed by atoms with van der Waals surface area (Å²) in [5.41, 5.74) is 5.27. The third-order valence-corrected chi connectivity index (χ3v) is 5.17. The van der Waals surface area contributed by atoms with Crippen LogP contribution in [-0.2, 0) is 9.53 Å². The Morgan fingerprint density at radius 1 is 1.26 bits per heavy atom. The summed E-state index contributed by atoms with van der Waals surface area (Å²) < 4.78 is 5.30. The minimum atomic E-state index is -0.375. The number of carbonyl (C=O) groups excluding carboxylic acids is 2. The van der Waals surface area contributed by atoms with Crippen LogP contribution in [0.25, 0.3) is 0 Å². The van der Waals surface area contributed by atoms with Crippen molar-refractivity contribution in [3.63, 3.8) is 0 Å². The Bertz CT molecular complexity index is 551. The lowest BCUT2D eigenvalue weighted by atomic mass is 10.0. The summed E-state index contributed by atoms with van der Waals surface area (Å²) in [5, 5.41) is 2.53. The zero-order valence-electron chi connectivity index (χ0n) is 13.0. The van der Waals surface area contributed by atoms with Crippen molar-refractivity contribution < 1.29 is 14.3 Å². The van der Waals surface area contributed by atoms with Gasteiger partial charge in [0.25, 0.3) is 5.91 Å². The number of hydrogen-bond donors (Lipinski definition) is 2. The van der Waals surface area contributed by atoms with E-state index in [1.54, 1.807) is 5.38 Å². The molecule has 0 radical (unpaired) electrons. The van der Waals surface area contributed by atoms with Crippen LogP contribution in [0.1, 0.15) is 42.6 Å². The number of carbonyl (C=O) groups is 2. The number of ether oxygens (including phenoxy) is 1. The van der Waals surface area contributed by atoms with Gasteiger partial charge in [-0.2, -0.15) is 0 Å². The van der Waals surface area contributed by atoms with E-state index in [1.165, 1.54) is 24.2 Å². The van der Waals surface area contributed by atoms with E-state index < -0.39 is 0 Å². The van der Waals surface area contributed by atoms with Crippen molar-refractivity contribution in [2.45, 2.75) is 32.1 Å². The molecule has 8 heteroatoms. The maximum absolute atomic E-state index is 12.1. The van der Waals surface area contributed by atoms with E-state index in [0.717, 1.165) is 31.1 Å². The number of morpholine rings is 1. The molecular weight excluding hydrogens is 316 g/mol. The molecule has 23 heavy (non-hydrogen) atoms. The number of nitrogens with one attached hydrogen (secondary N) is 2. The van der Waals surface area contributed by atoms with Crippen molar-refractivity contribution >= 4 is 28.3 Å². The van der Waals surface area contributed by atoms with Gasteiger partial charge in [0, 0.05) is 24.9 Å². The van der Waals surface area contributed by atoms with Crippen molar-refractivity contribution in [3.05, 3.63) is 11.1 Å².